The summed E-state index contributed by atoms with van der Waals surface area (Å²) in [4.78, 5) is 10.7. The number of halogens is 3. The van der Waals surface area contributed by atoms with Gasteiger partial charge in [-0.15, -0.1) is 0 Å². The average Bonchev–Trinajstić information content (AvgIpc) is 2.35. The van der Waals surface area contributed by atoms with Crippen molar-refractivity contribution in [1.29, 1.82) is 5.26 Å². The van der Waals surface area contributed by atoms with Gasteiger partial charge in [-0.25, -0.2) is 4.79 Å². The van der Waals surface area contributed by atoms with Crippen LogP contribution in [0.5, 0.6) is 0 Å². The lowest BCUT2D eigenvalue weighted by atomic mass is 10.1. The van der Waals surface area contributed by atoms with Crippen LogP contribution in [-0.4, -0.2) is 50.7 Å². The average molecular weight is 355 g/mol. The molecule has 0 fully saturated rings. The van der Waals surface area contributed by atoms with E-state index in [1.165, 1.54) is 12.1 Å². The van der Waals surface area contributed by atoms with Crippen molar-refractivity contribution in [2.24, 2.45) is 0 Å². The fraction of sp³-hybridized carbons (Fsp3) is 0.333. The molecule has 0 atom stereocenters. The number of quaternary nitrogens is 1. The number of hydrogen-bond acceptors (Lipinski definition) is 4. The van der Waals surface area contributed by atoms with Crippen LogP contribution >= 0.6 is 0 Å². The van der Waals surface area contributed by atoms with Crippen LogP contribution in [0.15, 0.2) is 18.2 Å². The van der Waals surface area contributed by atoms with E-state index in [2.05, 4.69) is 0 Å². The van der Waals surface area contributed by atoms with E-state index >= 15 is 0 Å². The Labute approximate surface area is 130 Å². The number of carbonyl (C=O) groups is 1. The summed E-state index contributed by atoms with van der Waals surface area (Å²) in [6.07, 6.45) is 0. The minimum atomic E-state index is -5.84. The van der Waals surface area contributed by atoms with E-state index in [0.717, 1.165) is 5.69 Å². The molecule has 0 saturated carbocycles. The lowest BCUT2D eigenvalue weighted by molar-refractivity contribution is -0.0510. The van der Waals surface area contributed by atoms with Gasteiger partial charge in [-0.05, 0) is 12.1 Å². The van der Waals surface area contributed by atoms with Crippen LogP contribution in [0.4, 0.5) is 18.9 Å². The molecule has 0 unspecified atom stereocenters. The molecule has 1 aromatic rings. The molecule has 0 bridgehead atoms. The van der Waals surface area contributed by atoms with Crippen molar-refractivity contribution in [1.82, 2.24) is 4.48 Å². The fourth-order valence-corrected chi connectivity index (χ4v) is 1.34. The number of aromatic carboxylic acids is 1. The first kappa shape index (κ1) is 20.8. The van der Waals surface area contributed by atoms with Crippen LogP contribution in [0.2, 0.25) is 0 Å². The van der Waals surface area contributed by atoms with Gasteiger partial charge in [0.2, 0.25) is 0 Å². The molecule has 0 radical (unpaired) electrons. The van der Waals surface area contributed by atoms with Crippen molar-refractivity contribution in [2.75, 3.05) is 21.1 Å². The van der Waals surface area contributed by atoms with E-state index < -0.39 is 21.6 Å². The Hall–Kier alpha value is -2.16. The molecule has 0 aliphatic carbocycles. The highest BCUT2D eigenvalue weighted by atomic mass is 32.2. The molecular weight excluding hydrogens is 341 g/mol. The number of nitrogens with zero attached hydrogens (tertiary/aromatic N) is 2. The van der Waals surface area contributed by atoms with E-state index in [1.54, 1.807) is 6.07 Å². The van der Waals surface area contributed by atoms with Gasteiger partial charge in [0.05, 0.1) is 26.7 Å². The molecule has 1 rings (SSSR count). The van der Waals surface area contributed by atoms with Gasteiger partial charge in [-0.1, -0.05) is 0 Å². The highest BCUT2D eigenvalue weighted by molar-refractivity contribution is 7.86. The standard InChI is InChI=1S/C11H12N2O2.CHF3O3S/c1-13(2,3)10-5-4-8(11(14)15)6-9(10)7-12;2-1(3,4)8(5,6)7/h4-6H,1-3H3;(H,5,6,7)/p+1. The molecule has 1 aromatic carbocycles. The Morgan fingerprint density at radius 1 is 1.26 bits per heavy atom. The molecule has 0 aliphatic heterocycles. The smallest absolute Gasteiger partial charge is 0.478 e. The number of hydrogen-bond donors (Lipinski definition) is 2. The van der Waals surface area contributed by atoms with Crippen molar-refractivity contribution < 1.29 is 36.0 Å². The number of rotatable bonds is 2. The SMILES string of the molecule is C[N+](C)(C)c1ccc(C(=O)O)cc1C#N.O=S(=O)(O)C(F)(F)F. The number of nitriles is 1. The number of carboxylic acid groups (broad SMARTS) is 1. The second-order valence-electron chi connectivity index (χ2n) is 5.08. The predicted octanol–water partition coefficient (Wildman–Crippen LogP) is 1.85. The summed E-state index contributed by atoms with van der Waals surface area (Å²) in [5, 5.41) is 17.7. The molecule has 0 aromatic heterocycles. The van der Waals surface area contributed by atoms with E-state index in [9.17, 15) is 18.0 Å². The minimum Gasteiger partial charge on any atom is -0.478 e. The third-order valence-corrected chi connectivity index (χ3v) is 2.96. The van der Waals surface area contributed by atoms with Crippen LogP contribution in [0.25, 0.3) is 0 Å². The minimum absolute atomic E-state index is 0.142. The topological polar surface area (TPSA) is 115 Å². The van der Waals surface area contributed by atoms with Gasteiger partial charge in [0, 0.05) is 6.07 Å². The van der Waals surface area contributed by atoms with Crippen LogP contribution in [0.1, 0.15) is 15.9 Å². The van der Waals surface area contributed by atoms with Crippen molar-refractivity contribution in [3.63, 3.8) is 0 Å². The lowest BCUT2D eigenvalue weighted by Crippen LogP contribution is -2.35. The van der Waals surface area contributed by atoms with Crippen molar-refractivity contribution in [2.45, 2.75) is 5.51 Å². The van der Waals surface area contributed by atoms with Gasteiger partial charge in [-0.2, -0.15) is 26.9 Å². The fourth-order valence-electron chi connectivity index (χ4n) is 1.34. The highest BCUT2D eigenvalue weighted by Gasteiger charge is 2.44. The molecule has 0 aliphatic rings. The summed E-state index contributed by atoms with van der Waals surface area (Å²) in [6, 6.07) is 6.62. The van der Waals surface area contributed by atoms with Crippen LogP contribution in [0.3, 0.4) is 0 Å². The third-order valence-electron chi connectivity index (χ3n) is 2.38. The molecule has 2 N–H and O–H groups in total. The monoisotopic (exact) mass is 355 g/mol. The second kappa shape index (κ2) is 6.95. The van der Waals surface area contributed by atoms with Gasteiger partial charge in [0.15, 0.2) is 0 Å². The molecule has 11 heteroatoms. The second-order valence-corrected chi connectivity index (χ2v) is 6.50. The summed E-state index contributed by atoms with van der Waals surface area (Å²) < 4.78 is 58.0. The van der Waals surface area contributed by atoms with Gasteiger partial charge < -0.3 is 5.11 Å². The summed E-state index contributed by atoms with van der Waals surface area (Å²) >= 11 is 0. The molecular formula is C12H14F3N2O5S+. The number of carboxylic acids is 1. The normalized spacial score (nSPS) is 11.9. The predicted molar refractivity (Wildman–Crippen MR) is 75.3 cm³/mol. The largest absolute Gasteiger partial charge is 0.522 e. The van der Waals surface area contributed by atoms with Gasteiger partial charge in [0.25, 0.3) is 0 Å². The van der Waals surface area contributed by atoms with Gasteiger partial charge in [0.1, 0.15) is 17.3 Å². The zero-order chi connectivity index (χ0) is 18.6. The van der Waals surface area contributed by atoms with E-state index in [4.69, 9.17) is 23.3 Å². The zero-order valence-corrected chi connectivity index (χ0v) is 13.1. The van der Waals surface area contributed by atoms with Crippen LogP contribution < -0.4 is 4.48 Å². The molecule has 0 spiro atoms. The Morgan fingerprint density at radius 2 is 1.70 bits per heavy atom. The quantitative estimate of drug-likeness (QED) is 0.475. The van der Waals surface area contributed by atoms with Crippen LogP contribution in [0, 0.1) is 11.3 Å². The lowest BCUT2D eigenvalue weighted by Gasteiger charge is -2.24. The molecule has 0 saturated heterocycles. The Morgan fingerprint density at radius 3 is 1.96 bits per heavy atom. The maximum Gasteiger partial charge on any atom is 0.522 e. The summed E-state index contributed by atoms with van der Waals surface area (Å²) in [7, 11) is -0.0587. The first-order chi connectivity index (χ1) is 10.1. The summed E-state index contributed by atoms with van der Waals surface area (Å²) in [5.41, 5.74) is -4.18. The number of benzene rings is 1. The Kier molecular flexibility index (Phi) is 6.29. The maximum absolute atomic E-state index is 10.7. The first-order valence-corrected chi connectivity index (χ1v) is 7.18. The van der Waals surface area contributed by atoms with Gasteiger partial charge in [-0.3, -0.25) is 9.04 Å². The van der Waals surface area contributed by atoms with Gasteiger partial charge >= 0.3 is 21.6 Å². The molecule has 23 heavy (non-hydrogen) atoms. The third kappa shape index (κ3) is 6.23. The summed E-state index contributed by atoms with van der Waals surface area (Å²) in [5.74, 6) is -1.01. The number of alkyl halides is 3. The first-order valence-electron chi connectivity index (χ1n) is 5.74. The molecule has 7 nitrogen and oxygen atoms in total. The molecule has 128 valence electrons. The van der Waals surface area contributed by atoms with Crippen molar-refractivity contribution in [3.8, 4) is 6.07 Å². The molecule has 0 amide bonds. The Balaban J connectivity index is 0.000000515. The summed E-state index contributed by atoms with van der Waals surface area (Å²) in [6.45, 7) is 0. The van der Waals surface area contributed by atoms with Crippen molar-refractivity contribution >= 4 is 21.8 Å². The highest BCUT2D eigenvalue weighted by Crippen LogP contribution is 2.23. The van der Waals surface area contributed by atoms with Crippen LogP contribution in [-0.2, 0) is 10.1 Å². The van der Waals surface area contributed by atoms with Crippen molar-refractivity contribution in [3.05, 3.63) is 29.3 Å². The maximum atomic E-state index is 10.7. The zero-order valence-electron chi connectivity index (χ0n) is 12.3. The Bertz CT molecular complexity index is 731. The molecule has 0 heterocycles. The van der Waals surface area contributed by atoms with E-state index in [-0.39, 0.29) is 5.56 Å². The van der Waals surface area contributed by atoms with E-state index in [0.29, 0.717) is 10.0 Å². The van der Waals surface area contributed by atoms with E-state index in [1.807, 2.05) is 27.2 Å².